The van der Waals surface area contributed by atoms with Crippen LogP contribution in [-0.4, -0.2) is 10.9 Å². The third-order valence-corrected chi connectivity index (χ3v) is 2.64. The Morgan fingerprint density at radius 3 is 2.53 bits per heavy atom. The lowest BCUT2D eigenvalue weighted by atomic mass is 10.2. The Labute approximate surface area is 112 Å². The van der Waals surface area contributed by atoms with E-state index in [-0.39, 0.29) is 5.91 Å². The minimum atomic E-state index is -0.0546. The van der Waals surface area contributed by atoms with Gasteiger partial charge in [-0.05, 0) is 29.8 Å². The van der Waals surface area contributed by atoms with E-state index in [1.54, 1.807) is 6.20 Å². The average molecular weight is 255 g/mol. The van der Waals surface area contributed by atoms with Gasteiger partial charge >= 0.3 is 0 Å². The predicted molar refractivity (Wildman–Crippen MR) is 75.5 cm³/mol. The molecule has 0 atom stereocenters. The van der Waals surface area contributed by atoms with Crippen molar-refractivity contribution in [1.82, 2.24) is 10.3 Å². The van der Waals surface area contributed by atoms with Gasteiger partial charge in [-0.3, -0.25) is 9.78 Å². The van der Waals surface area contributed by atoms with E-state index in [1.807, 2.05) is 42.5 Å². The van der Waals surface area contributed by atoms with Crippen molar-refractivity contribution in [3.8, 4) is 0 Å². The first-order valence-electron chi connectivity index (χ1n) is 6.21. The zero-order valence-corrected chi connectivity index (χ0v) is 10.9. The second-order valence-electron chi connectivity index (χ2n) is 4.30. The van der Waals surface area contributed by atoms with Crippen LogP contribution in [0.5, 0.6) is 0 Å². The lowest BCUT2D eigenvalue weighted by molar-refractivity contribution is -0.114. The van der Waals surface area contributed by atoms with Crippen molar-refractivity contribution in [2.45, 2.75) is 20.0 Å². The number of pyridine rings is 1. The van der Waals surface area contributed by atoms with Crippen molar-refractivity contribution < 1.29 is 4.79 Å². The van der Waals surface area contributed by atoms with Crippen LogP contribution in [0.1, 0.15) is 18.2 Å². The second kappa shape index (κ2) is 6.66. The first-order chi connectivity index (χ1) is 9.24. The third-order valence-electron chi connectivity index (χ3n) is 2.64. The number of rotatable bonds is 5. The van der Waals surface area contributed by atoms with Gasteiger partial charge in [-0.25, -0.2) is 0 Å². The van der Waals surface area contributed by atoms with E-state index < -0.39 is 0 Å². The SMILES string of the molecule is CC(=O)Nc1ccc(CNCc2ccccn2)cc1. The molecule has 0 aliphatic rings. The Hall–Kier alpha value is -2.20. The van der Waals surface area contributed by atoms with Crippen LogP contribution in [0.25, 0.3) is 0 Å². The Balaban J connectivity index is 1.81. The minimum absolute atomic E-state index is 0.0546. The summed E-state index contributed by atoms with van der Waals surface area (Å²) >= 11 is 0. The van der Waals surface area contributed by atoms with Gasteiger partial charge in [0.05, 0.1) is 5.69 Å². The Morgan fingerprint density at radius 2 is 1.89 bits per heavy atom. The molecule has 0 aliphatic heterocycles. The normalized spacial score (nSPS) is 10.2. The summed E-state index contributed by atoms with van der Waals surface area (Å²) in [6.45, 7) is 3.02. The van der Waals surface area contributed by atoms with Gasteiger partial charge in [0.2, 0.25) is 5.91 Å². The van der Waals surface area contributed by atoms with Crippen molar-refractivity contribution >= 4 is 11.6 Å². The van der Waals surface area contributed by atoms with Crippen molar-refractivity contribution in [2.75, 3.05) is 5.32 Å². The van der Waals surface area contributed by atoms with Crippen LogP contribution in [0, 0.1) is 0 Å². The minimum Gasteiger partial charge on any atom is -0.326 e. The molecule has 2 aromatic rings. The lowest BCUT2D eigenvalue weighted by Gasteiger charge is -2.06. The van der Waals surface area contributed by atoms with Crippen LogP contribution in [-0.2, 0) is 17.9 Å². The maximum atomic E-state index is 10.9. The van der Waals surface area contributed by atoms with Crippen LogP contribution in [0.15, 0.2) is 48.7 Å². The molecule has 1 amide bonds. The summed E-state index contributed by atoms with van der Waals surface area (Å²) in [6, 6.07) is 13.7. The van der Waals surface area contributed by atoms with Crippen LogP contribution in [0.4, 0.5) is 5.69 Å². The molecule has 0 saturated carbocycles. The molecule has 0 bridgehead atoms. The van der Waals surface area contributed by atoms with Gasteiger partial charge in [0.1, 0.15) is 0 Å². The van der Waals surface area contributed by atoms with E-state index in [4.69, 9.17) is 0 Å². The van der Waals surface area contributed by atoms with E-state index in [1.165, 1.54) is 12.5 Å². The highest BCUT2D eigenvalue weighted by Gasteiger charge is 1.97. The fourth-order valence-corrected chi connectivity index (χ4v) is 1.75. The summed E-state index contributed by atoms with van der Waals surface area (Å²) in [5.41, 5.74) is 3.02. The number of hydrogen-bond acceptors (Lipinski definition) is 3. The fourth-order valence-electron chi connectivity index (χ4n) is 1.75. The maximum absolute atomic E-state index is 10.9. The first kappa shape index (κ1) is 13.2. The highest BCUT2D eigenvalue weighted by Crippen LogP contribution is 2.09. The van der Waals surface area contributed by atoms with Crippen molar-refractivity contribution in [3.63, 3.8) is 0 Å². The van der Waals surface area contributed by atoms with Gasteiger partial charge < -0.3 is 10.6 Å². The topological polar surface area (TPSA) is 54.0 Å². The fraction of sp³-hybridized carbons (Fsp3) is 0.200. The molecule has 19 heavy (non-hydrogen) atoms. The zero-order valence-electron chi connectivity index (χ0n) is 10.9. The van der Waals surface area contributed by atoms with Gasteiger partial charge in [-0.1, -0.05) is 18.2 Å². The molecule has 0 aliphatic carbocycles. The van der Waals surface area contributed by atoms with Crippen LogP contribution in [0.2, 0.25) is 0 Å². The van der Waals surface area contributed by atoms with Crippen molar-refractivity contribution in [2.24, 2.45) is 0 Å². The second-order valence-corrected chi connectivity index (χ2v) is 4.30. The van der Waals surface area contributed by atoms with E-state index in [0.717, 1.165) is 24.5 Å². The number of nitrogens with zero attached hydrogens (tertiary/aromatic N) is 1. The van der Waals surface area contributed by atoms with E-state index in [0.29, 0.717) is 0 Å². The quantitative estimate of drug-likeness (QED) is 0.862. The molecule has 4 nitrogen and oxygen atoms in total. The molecule has 1 aromatic carbocycles. The monoisotopic (exact) mass is 255 g/mol. The molecule has 0 fully saturated rings. The molecule has 0 radical (unpaired) electrons. The summed E-state index contributed by atoms with van der Waals surface area (Å²) in [5, 5.41) is 6.07. The number of anilines is 1. The molecule has 98 valence electrons. The number of aromatic nitrogens is 1. The van der Waals surface area contributed by atoms with Gasteiger partial charge in [0, 0.05) is 31.9 Å². The van der Waals surface area contributed by atoms with Crippen molar-refractivity contribution in [3.05, 3.63) is 59.9 Å². The maximum Gasteiger partial charge on any atom is 0.221 e. The molecule has 2 rings (SSSR count). The highest BCUT2D eigenvalue weighted by atomic mass is 16.1. The first-order valence-corrected chi connectivity index (χ1v) is 6.21. The van der Waals surface area contributed by atoms with Crippen LogP contribution >= 0.6 is 0 Å². The van der Waals surface area contributed by atoms with E-state index >= 15 is 0 Å². The smallest absolute Gasteiger partial charge is 0.221 e. The standard InChI is InChI=1S/C15H17N3O/c1-12(19)18-14-7-5-13(6-8-14)10-16-11-15-4-2-3-9-17-15/h2-9,16H,10-11H2,1H3,(H,18,19). The molecular weight excluding hydrogens is 238 g/mol. The lowest BCUT2D eigenvalue weighted by Crippen LogP contribution is -2.13. The van der Waals surface area contributed by atoms with Gasteiger partial charge in [0.15, 0.2) is 0 Å². The number of benzene rings is 1. The van der Waals surface area contributed by atoms with Crippen molar-refractivity contribution in [1.29, 1.82) is 0 Å². The van der Waals surface area contributed by atoms with Crippen LogP contribution < -0.4 is 10.6 Å². The van der Waals surface area contributed by atoms with E-state index in [2.05, 4.69) is 15.6 Å². The van der Waals surface area contributed by atoms with Crippen LogP contribution in [0.3, 0.4) is 0 Å². The Bertz CT molecular complexity index is 523. The summed E-state index contributed by atoms with van der Waals surface area (Å²) in [5.74, 6) is -0.0546. The molecule has 0 spiro atoms. The number of nitrogens with one attached hydrogen (secondary N) is 2. The summed E-state index contributed by atoms with van der Waals surface area (Å²) < 4.78 is 0. The molecule has 0 unspecified atom stereocenters. The third kappa shape index (κ3) is 4.52. The molecule has 2 N–H and O–H groups in total. The molecule has 1 aromatic heterocycles. The predicted octanol–water partition coefficient (Wildman–Crippen LogP) is 2.33. The van der Waals surface area contributed by atoms with Gasteiger partial charge in [-0.2, -0.15) is 0 Å². The summed E-state index contributed by atoms with van der Waals surface area (Å²) in [6.07, 6.45) is 1.79. The number of hydrogen-bond donors (Lipinski definition) is 2. The number of carbonyl (C=O) groups excluding carboxylic acids is 1. The van der Waals surface area contributed by atoms with Gasteiger partial charge in [-0.15, -0.1) is 0 Å². The Morgan fingerprint density at radius 1 is 1.11 bits per heavy atom. The Kier molecular flexibility index (Phi) is 4.64. The van der Waals surface area contributed by atoms with E-state index in [9.17, 15) is 4.79 Å². The van der Waals surface area contributed by atoms with Gasteiger partial charge in [0.25, 0.3) is 0 Å². The molecule has 1 heterocycles. The average Bonchev–Trinajstić information content (AvgIpc) is 2.41. The zero-order chi connectivity index (χ0) is 13.5. The summed E-state index contributed by atoms with van der Waals surface area (Å²) in [7, 11) is 0. The largest absolute Gasteiger partial charge is 0.326 e. The molecule has 0 saturated heterocycles. The highest BCUT2D eigenvalue weighted by molar-refractivity contribution is 5.88. The summed E-state index contributed by atoms with van der Waals surface area (Å²) in [4.78, 5) is 15.1. The number of amides is 1. The molecular formula is C15H17N3O. The number of carbonyl (C=O) groups is 1. The molecule has 4 heteroatoms.